The Morgan fingerprint density at radius 2 is 0.852 bits per heavy atom. The van der Waals surface area contributed by atoms with Gasteiger partial charge in [-0.15, -0.1) is 0 Å². The zero-order valence-corrected chi connectivity index (χ0v) is 35.5. The van der Waals surface area contributed by atoms with E-state index >= 15 is 8.78 Å². The van der Waals surface area contributed by atoms with Gasteiger partial charge in [0, 0.05) is 28.2 Å². The predicted molar refractivity (Wildman–Crippen MR) is 253 cm³/mol. The van der Waals surface area contributed by atoms with Crippen LogP contribution in [-0.2, 0) is 5.41 Å². The van der Waals surface area contributed by atoms with E-state index in [1.807, 2.05) is 94.7 Å². The Labute approximate surface area is 357 Å². The second-order valence-corrected chi connectivity index (χ2v) is 18.4. The molecule has 0 atom stereocenters. The van der Waals surface area contributed by atoms with Crippen molar-refractivity contribution in [2.75, 3.05) is 9.80 Å². The summed E-state index contributed by atoms with van der Waals surface area (Å²) >= 11 is 0. The van der Waals surface area contributed by atoms with Crippen molar-refractivity contribution in [3.63, 3.8) is 0 Å². The molecule has 0 unspecified atom stereocenters. The SMILES string of the molecule is CC(C)(C)C1(C(C)(C)C)c2c(ccc3cc(N(c4ccccc4)c4ccccc4F)ccc23)-c2c1c1ccc(N(c3ccccc3)c3ccccc3F)cc1c1ccccc21. The van der Waals surface area contributed by atoms with E-state index in [0.717, 1.165) is 38.9 Å². The third-order valence-corrected chi connectivity index (χ3v) is 13.0. The lowest BCUT2D eigenvalue weighted by Gasteiger charge is -2.54. The van der Waals surface area contributed by atoms with Crippen LogP contribution < -0.4 is 9.80 Å². The molecule has 4 heteroatoms. The zero-order chi connectivity index (χ0) is 42.3. The van der Waals surface area contributed by atoms with Crippen molar-refractivity contribution in [1.82, 2.24) is 0 Å². The third kappa shape index (κ3) is 5.80. The first-order chi connectivity index (χ1) is 29.4. The van der Waals surface area contributed by atoms with E-state index in [2.05, 4.69) is 114 Å². The van der Waals surface area contributed by atoms with E-state index in [4.69, 9.17) is 0 Å². The van der Waals surface area contributed by atoms with Crippen LogP contribution >= 0.6 is 0 Å². The van der Waals surface area contributed by atoms with Gasteiger partial charge in [-0.1, -0.05) is 151 Å². The Morgan fingerprint density at radius 3 is 1.39 bits per heavy atom. The van der Waals surface area contributed by atoms with Gasteiger partial charge in [0.2, 0.25) is 0 Å². The molecule has 1 aliphatic rings. The quantitative estimate of drug-likeness (QED) is 0.155. The normalized spacial score (nSPS) is 13.4. The van der Waals surface area contributed by atoms with Crippen molar-refractivity contribution in [3.05, 3.63) is 205 Å². The highest BCUT2D eigenvalue weighted by Crippen LogP contribution is 2.68. The highest BCUT2D eigenvalue weighted by atomic mass is 19.1. The van der Waals surface area contributed by atoms with Gasteiger partial charge in [0.15, 0.2) is 0 Å². The van der Waals surface area contributed by atoms with Gasteiger partial charge in [-0.05, 0) is 138 Å². The van der Waals surface area contributed by atoms with Crippen LogP contribution in [0, 0.1) is 22.5 Å². The number of anilines is 6. The Hall–Kier alpha value is -6.78. The van der Waals surface area contributed by atoms with Crippen LogP contribution in [0.3, 0.4) is 0 Å². The van der Waals surface area contributed by atoms with Crippen LogP contribution in [0.15, 0.2) is 182 Å². The molecule has 0 aliphatic heterocycles. The number of benzene rings is 9. The molecule has 300 valence electrons. The molecular weight excluding hydrogens is 751 g/mol. The molecule has 0 aromatic heterocycles. The van der Waals surface area contributed by atoms with Crippen molar-refractivity contribution < 1.29 is 8.78 Å². The topological polar surface area (TPSA) is 6.48 Å². The number of nitrogens with zero attached hydrogens (tertiary/aromatic N) is 2. The van der Waals surface area contributed by atoms with Crippen molar-refractivity contribution in [1.29, 1.82) is 0 Å². The molecule has 9 aromatic rings. The smallest absolute Gasteiger partial charge is 0.147 e. The van der Waals surface area contributed by atoms with Crippen LogP contribution in [0.5, 0.6) is 0 Å². The second-order valence-electron chi connectivity index (χ2n) is 18.4. The molecule has 1 aliphatic carbocycles. The maximum absolute atomic E-state index is 15.8. The minimum absolute atomic E-state index is 0.265. The van der Waals surface area contributed by atoms with E-state index in [0.29, 0.717) is 11.4 Å². The van der Waals surface area contributed by atoms with Gasteiger partial charge in [-0.3, -0.25) is 0 Å². The monoisotopic (exact) mass is 798 g/mol. The van der Waals surface area contributed by atoms with E-state index in [9.17, 15) is 0 Å². The van der Waals surface area contributed by atoms with E-state index < -0.39 is 5.41 Å². The maximum atomic E-state index is 15.8. The van der Waals surface area contributed by atoms with Crippen LogP contribution in [0.25, 0.3) is 43.4 Å². The Balaban J connectivity index is 1.27. The largest absolute Gasteiger partial charge is 0.308 e. The Kier molecular flexibility index (Phi) is 8.92. The number of halogens is 2. The van der Waals surface area contributed by atoms with Crippen molar-refractivity contribution >= 4 is 66.4 Å². The molecule has 0 bridgehead atoms. The lowest BCUT2D eigenvalue weighted by Crippen LogP contribution is -2.50. The third-order valence-electron chi connectivity index (χ3n) is 13.0. The predicted octanol–water partition coefficient (Wildman–Crippen LogP) is 16.7. The number of fused-ring (bicyclic) bond motifs is 10. The van der Waals surface area contributed by atoms with E-state index in [1.165, 1.54) is 50.5 Å². The first-order valence-electron chi connectivity index (χ1n) is 21.2. The van der Waals surface area contributed by atoms with Gasteiger partial charge < -0.3 is 9.80 Å². The summed E-state index contributed by atoms with van der Waals surface area (Å²) in [6.45, 7) is 14.4. The molecule has 10 rings (SSSR count). The lowest BCUT2D eigenvalue weighted by molar-refractivity contribution is 0.0977. The summed E-state index contributed by atoms with van der Waals surface area (Å²) in [5, 5.41) is 6.96. The average molecular weight is 799 g/mol. The van der Waals surface area contributed by atoms with Crippen LogP contribution in [0.2, 0.25) is 0 Å². The van der Waals surface area contributed by atoms with Gasteiger partial charge in [0.25, 0.3) is 0 Å². The molecule has 0 N–H and O–H groups in total. The Bertz CT molecular complexity index is 3130. The summed E-state index contributed by atoms with van der Waals surface area (Å²) in [4.78, 5) is 4.04. The Morgan fingerprint density at radius 1 is 0.377 bits per heavy atom. The van der Waals surface area contributed by atoms with Crippen molar-refractivity contribution in [3.8, 4) is 11.1 Å². The minimum atomic E-state index is -0.481. The van der Waals surface area contributed by atoms with Crippen LogP contribution in [0.1, 0.15) is 52.7 Å². The van der Waals surface area contributed by atoms with Gasteiger partial charge in [-0.2, -0.15) is 0 Å². The fourth-order valence-corrected chi connectivity index (χ4v) is 11.1. The summed E-state index contributed by atoms with van der Waals surface area (Å²) in [6, 6.07) is 60.8. The first kappa shape index (κ1) is 38.4. The molecule has 0 amide bonds. The minimum Gasteiger partial charge on any atom is -0.308 e. The van der Waals surface area contributed by atoms with Crippen molar-refractivity contribution in [2.45, 2.75) is 47.0 Å². The molecular formula is C57H48F2N2. The average Bonchev–Trinajstić information content (AvgIpc) is 3.60. The van der Waals surface area contributed by atoms with E-state index in [1.54, 1.807) is 12.1 Å². The zero-order valence-electron chi connectivity index (χ0n) is 35.5. The fraction of sp³-hybridized carbons (Fsp3) is 0.158. The maximum Gasteiger partial charge on any atom is 0.147 e. The van der Waals surface area contributed by atoms with E-state index in [-0.39, 0.29) is 22.5 Å². The van der Waals surface area contributed by atoms with Gasteiger partial charge >= 0.3 is 0 Å². The second kappa shape index (κ2) is 14.2. The summed E-state index contributed by atoms with van der Waals surface area (Å²) in [5.41, 5.74) is 8.69. The molecule has 9 aromatic carbocycles. The summed E-state index contributed by atoms with van der Waals surface area (Å²) in [7, 11) is 0. The molecule has 0 spiro atoms. The molecule has 0 radical (unpaired) electrons. The fourth-order valence-electron chi connectivity index (χ4n) is 11.1. The molecule has 0 heterocycles. The lowest BCUT2D eigenvalue weighted by atomic mass is 9.49. The molecule has 2 nitrogen and oxygen atoms in total. The standard InChI is InChI=1S/C57H48F2N2/c1-55(2,3)57(56(4,5)6)53-42-33-30-40(60(38-19-9-7-10-20-38)50-27-17-15-25-48(50)58)35-37(42)29-32-46(53)52-44-24-14-13-23-43(44)47-36-41(31-34-45(47)54(52)57)61(39-21-11-8-12-22-39)51-28-18-16-26-49(51)59/h7-36H,1-6H3. The highest BCUT2D eigenvalue weighted by Gasteiger charge is 2.59. The van der Waals surface area contributed by atoms with Crippen LogP contribution in [-0.4, -0.2) is 0 Å². The highest BCUT2D eigenvalue weighted by molar-refractivity contribution is 6.20. The number of rotatable bonds is 6. The number of hydrogen-bond donors (Lipinski definition) is 0. The summed E-state index contributed by atoms with van der Waals surface area (Å²) in [5.74, 6) is -0.561. The molecule has 0 saturated heterocycles. The molecule has 0 fully saturated rings. The van der Waals surface area contributed by atoms with Gasteiger partial charge in [0.05, 0.1) is 11.4 Å². The number of hydrogen-bond acceptors (Lipinski definition) is 2. The summed E-state index contributed by atoms with van der Waals surface area (Å²) in [6.07, 6.45) is 0. The van der Waals surface area contributed by atoms with Gasteiger partial charge in [-0.25, -0.2) is 8.78 Å². The molecule has 0 saturated carbocycles. The molecule has 61 heavy (non-hydrogen) atoms. The first-order valence-corrected chi connectivity index (χ1v) is 21.2. The van der Waals surface area contributed by atoms with Crippen LogP contribution in [0.4, 0.5) is 42.9 Å². The summed E-state index contributed by atoms with van der Waals surface area (Å²) < 4.78 is 31.5. The number of para-hydroxylation sites is 4. The van der Waals surface area contributed by atoms with Crippen molar-refractivity contribution in [2.24, 2.45) is 10.8 Å². The van der Waals surface area contributed by atoms with Gasteiger partial charge in [0.1, 0.15) is 11.6 Å².